The van der Waals surface area contributed by atoms with Gasteiger partial charge < -0.3 is 20.1 Å². The number of hydrogen-bond acceptors (Lipinski definition) is 4. The molecule has 42 heavy (non-hydrogen) atoms. The molecule has 0 spiro atoms. The van der Waals surface area contributed by atoms with Gasteiger partial charge in [0.15, 0.2) is 0 Å². The lowest BCUT2D eigenvalue weighted by Gasteiger charge is -2.37. The average molecular weight is 565 g/mol. The molecule has 0 unspecified atom stereocenters. The smallest absolute Gasteiger partial charge is 0.0717 e. The molecule has 0 saturated carbocycles. The molecule has 0 amide bonds. The second kappa shape index (κ2) is 17.0. The Hall–Kier alpha value is -3.28. The van der Waals surface area contributed by atoms with Crippen molar-refractivity contribution in [3.63, 3.8) is 0 Å². The van der Waals surface area contributed by atoms with Crippen LogP contribution >= 0.6 is 0 Å². The maximum Gasteiger partial charge on any atom is 0.0717 e. The normalized spacial score (nSPS) is 14.5. The molecule has 4 rings (SSSR count). The summed E-state index contributed by atoms with van der Waals surface area (Å²) in [5.41, 5.74) is 4.89. The quantitative estimate of drug-likeness (QED) is 0.136. The van der Waals surface area contributed by atoms with Gasteiger partial charge in [0.2, 0.25) is 0 Å². The Bertz CT molecular complexity index is 1150. The summed E-state index contributed by atoms with van der Waals surface area (Å²) < 4.78 is 12.6. The first-order chi connectivity index (χ1) is 20.5. The summed E-state index contributed by atoms with van der Waals surface area (Å²) in [4.78, 5) is 0. The zero-order valence-corrected chi connectivity index (χ0v) is 25.7. The summed E-state index contributed by atoms with van der Waals surface area (Å²) in [6.07, 6.45) is 0. The minimum absolute atomic E-state index is 0.0247. The molecule has 0 radical (unpaired) electrons. The van der Waals surface area contributed by atoms with Gasteiger partial charge in [-0.15, -0.1) is 0 Å². The van der Waals surface area contributed by atoms with Gasteiger partial charge in [-0.25, -0.2) is 0 Å². The highest BCUT2D eigenvalue weighted by molar-refractivity contribution is 5.28. The zero-order valence-electron chi connectivity index (χ0n) is 25.7. The van der Waals surface area contributed by atoms with Crippen LogP contribution in [-0.4, -0.2) is 25.3 Å². The summed E-state index contributed by atoms with van der Waals surface area (Å²) in [6.45, 7) is 11.6. The minimum Gasteiger partial charge on any atom is -0.375 e. The lowest BCUT2D eigenvalue weighted by molar-refractivity contribution is 0.0697. The molecule has 0 aliphatic rings. The summed E-state index contributed by atoms with van der Waals surface area (Å²) in [5, 5.41) is 8.11. The highest BCUT2D eigenvalue weighted by atomic mass is 16.5. The third kappa shape index (κ3) is 9.92. The van der Waals surface area contributed by atoms with Crippen molar-refractivity contribution >= 4 is 0 Å². The van der Waals surface area contributed by atoms with Crippen molar-refractivity contribution in [1.82, 2.24) is 10.6 Å². The van der Waals surface area contributed by atoms with Gasteiger partial charge in [-0.3, -0.25) is 0 Å². The van der Waals surface area contributed by atoms with Gasteiger partial charge in [0.05, 0.1) is 38.5 Å². The third-order valence-electron chi connectivity index (χ3n) is 7.87. The standard InChI is InChI=1S/C38H48N2O2/c1-29(2)35(27-41-25-31-17-9-5-10-18-31)39-37(33-21-13-7-14-22-33)38(34-23-15-8-16-24-34)40-36(30(3)4)28-42-26-32-19-11-6-12-20-32/h5-24,29-30,35-40H,25-28H2,1-4H3/t35-,36-,37-,38-/m1/s1. The van der Waals surface area contributed by atoms with E-state index in [4.69, 9.17) is 9.47 Å². The minimum atomic E-state index is 0.0247. The van der Waals surface area contributed by atoms with Crippen LogP contribution in [0.5, 0.6) is 0 Å². The first kappa shape index (κ1) is 31.7. The second-order valence-corrected chi connectivity index (χ2v) is 11.8. The van der Waals surface area contributed by atoms with Crippen molar-refractivity contribution in [3.8, 4) is 0 Å². The van der Waals surface area contributed by atoms with Crippen LogP contribution in [-0.2, 0) is 22.7 Å². The molecule has 222 valence electrons. The summed E-state index contributed by atoms with van der Waals surface area (Å²) >= 11 is 0. The van der Waals surface area contributed by atoms with Gasteiger partial charge in [-0.05, 0) is 34.1 Å². The van der Waals surface area contributed by atoms with Crippen LogP contribution in [0.15, 0.2) is 121 Å². The fourth-order valence-electron chi connectivity index (χ4n) is 5.17. The van der Waals surface area contributed by atoms with E-state index in [1.54, 1.807) is 0 Å². The van der Waals surface area contributed by atoms with E-state index in [0.717, 1.165) is 0 Å². The lowest BCUT2D eigenvalue weighted by Crippen LogP contribution is -2.49. The fraction of sp³-hybridized carbons (Fsp3) is 0.368. The third-order valence-corrected chi connectivity index (χ3v) is 7.87. The molecule has 0 saturated heterocycles. The van der Waals surface area contributed by atoms with Crippen LogP contribution in [0.3, 0.4) is 0 Å². The number of rotatable bonds is 17. The Morgan fingerprint density at radius 2 is 0.762 bits per heavy atom. The monoisotopic (exact) mass is 564 g/mol. The van der Waals surface area contributed by atoms with E-state index < -0.39 is 0 Å². The Morgan fingerprint density at radius 3 is 1.07 bits per heavy atom. The first-order valence-corrected chi connectivity index (χ1v) is 15.4. The summed E-state index contributed by atoms with van der Waals surface area (Å²) in [7, 11) is 0. The highest BCUT2D eigenvalue weighted by Crippen LogP contribution is 2.31. The Kier molecular flexibility index (Phi) is 12.8. The van der Waals surface area contributed by atoms with E-state index >= 15 is 0 Å². The van der Waals surface area contributed by atoms with Crippen molar-refractivity contribution in [2.45, 2.75) is 65.1 Å². The molecule has 0 heterocycles. The Labute approximate surface area is 253 Å². The number of hydrogen-bond donors (Lipinski definition) is 2. The predicted molar refractivity (Wildman–Crippen MR) is 174 cm³/mol. The molecule has 4 heteroatoms. The Morgan fingerprint density at radius 1 is 0.452 bits per heavy atom. The predicted octanol–water partition coefficient (Wildman–Crippen LogP) is 8.13. The number of benzene rings is 4. The van der Waals surface area contributed by atoms with E-state index in [9.17, 15) is 0 Å². The summed E-state index contributed by atoms with van der Waals surface area (Å²) in [6, 6.07) is 42.8. The topological polar surface area (TPSA) is 42.5 Å². The zero-order chi connectivity index (χ0) is 29.6. The SMILES string of the molecule is CC(C)[C@@H](COCc1ccccc1)N[C@H](c1ccccc1)[C@H](N[C@H](COCc1ccccc1)C(C)C)c1ccccc1. The van der Waals surface area contributed by atoms with E-state index in [0.29, 0.717) is 38.3 Å². The molecule has 0 bridgehead atoms. The summed E-state index contributed by atoms with van der Waals surface area (Å²) in [5.74, 6) is 0.775. The molecule has 0 aliphatic carbocycles. The van der Waals surface area contributed by atoms with Gasteiger partial charge in [-0.1, -0.05) is 149 Å². The maximum absolute atomic E-state index is 6.28. The maximum atomic E-state index is 6.28. The molecule has 4 nitrogen and oxygen atoms in total. The van der Waals surface area contributed by atoms with Crippen molar-refractivity contribution in [1.29, 1.82) is 0 Å². The van der Waals surface area contributed by atoms with E-state index in [1.165, 1.54) is 22.3 Å². The molecule has 0 aliphatic heterocycles. The first-order valence-electron chi connectivity index (χ1n) is 15.4. The van der Waals surface area contributed by atoms with E-state index in [2.05, 4.69) is 148 Å². The van der Waals surface area contributed by atoms with Gasteiger partial charge in [0, 0.05) is 12.1 Å². The molecule has 0 fully saturated rings. The van der Waals surface area contributed by atoms with Gasteiger partial charge in [0.25, 0.3) is 0 Å². The van der Waals surface area contributed by atoms with Crippen LogP contribution in [0.1, 0.15) is 62.0 Å². The van der Waals surface area contributed by atoms with Crippen LogP contribution in [0.2, 0.25) is 0 Å². The number of nitrogens with one attached hydrogen (secondary N) is 2. The van der Waals surface area contributed by atoms with Crippen molar-refractivity contribution in [3.05, 3.63) is 144 Å². The lowest BCUT2D eigenvalue weighted by atomic mass is 9.89. The highest BCUT2D eigenvalue weighted by Gasteiger charge is 2.31. The van der Waals surface area contributed by atoms with Gasteiger partial charge in [-0.2, -0.15) is 0 Å². The molecule has 0 aromatic heterocycles. The van der Waals surface area contributed by atoms with Crippen molar-refractivity contribution < 1.29 is 9.47 Å². The largest absolute Gasteiger partial charge is 0.375 e. The van der Waals surface area contributed by atoms with Crippen molar-refractivity contribution in [2.75, 3.05) is 13.2 Å². The fourth-order valence-corrected chi connectivity index (χ4v) is 5.17. The molecule has 4 aromatic rings. The molecular formula is C38H48N2O2. The second-order valence-electron chi connectivity index (χ2n) is 11.8. The van der Waals surface area contributed by atoms with Gasteiger partial charge >= 0.3 is 0 Å². The van der Waals surface area contributed by atoms with Crippen LogP contribution in [0.25, 0.3) is 0 Å². The van der Waals surface area contributed by atoms with Crippen LogP contribution in [0.4, 0.5) is 0 Å². The average Bonchev–Trinajstić information content (AvgIpc) is 3.02. The van der Waals surface area contributed by atoms with Crippen LogP contribution in [0, 0.1) is 11.8 Å². The van der Waals surface area contributed by atoms with Crippen LogP contribution < -0.4 is 10.6 Å². The van der Waals surface area contributed by atoms with E-state index in [1.807, 2.05) is 12.1 Å². The molecule has 2 N–H and O–H groups in total. The van der Waals surface area contributed by atoms with Crippen molar-refractivity contribution in [2.24, 2.45) is 11.8 Å². The molecule has 4 atom stereocenters. The Balaban J connectivity index is 1.56. The molecular weight excluding hydrogens is 516 g/mol. The molecule has 4 aromatic carbocycles. The van der Waals surface area contributed by atoms with E-state index in [-0.39, 0.29) is 24.2 Å². The number of ether oxygens (including phenoxy) is 2. The van der Waals surface area contributed by atoms with Gasteiger partial charge in [0.1, 0.15) is 0 Å².